The Bertz CT molecular complexity index is 1160. The number of likely N-dealkylation sites (tertiary alicyclic amines) is 1. The van der Waals surface area contributed by atoms with Crippen molar-refractivity contribution in [1.29, 1.82) is 0 Å². The Morgan fingerprint density at radius 3 is 2.03 bits per heavy atom. The van der Waals surface area contributed by atoms with Crippen LogP contribution >= 0.6 is 0 Å². The summed E-state index contributed by atoms with van der Waals surface area (Å²) in [4.78, 5) is 32.6. The lowest BCUT2D eigenvalue weighted by Gasteiger charge is -2.31. The van der Waals surface area contributed by atoms with Crippen LogP contribution in [0.3, 0.4) is 0 Å². The molecule has 1 unspecified atom stereocenters. The molecule has 33 heavy (non-hydrogen) atoms. The molecule has 0 spiro atoms. The van der Waals surface area contributed by atoms with Gasteiger partial charge in [-0.1, -0.05) is 48.5 Å². The predicted octanol–water partition coefficient (Wildman–Crippen LogP) is 3.44. The van der Waals surface area contributed by atoms with Gasteiger partial charge in [0.05, 0.1) is 11.6 Å². The van der Waals surface area contributed by atoms with Gasteiger partial charge in [-0.3, -0.25) is 14.6 Å². The Labute approximate surface area is 195 Å². The quantitative estimate of drug-likeness (QED) is 0.692. The number of carbonyl (C=O) groups excluding carboxylic acids is 2. The van der Waals surface area contributed by atoms with Gasteiger partial charge in [-0.25, -0.2) is 12.7 Å². The lowest BCUT2D eigenvalue weighted by Crippen LogP contribution is -2.45. The van der Waals surface area contributed by atoms with E-state index in [9.17, 15) is 18.0 Å². The van der Waals surface area contributed by atoms with Crippen LogP contribution in [0.25, 0.3) is 0 Å². The van der Waals surface area contributed by atoms with Gasteiger partial charge in [-0.15, -0.1) is 0 Å². The number of benzene rings is 2. The molecule has 8 heteroatoms. The van der Waals surface area contributed by atoms with Gasteiger partial charge in [0.25, 0.3) is 21.8 Å². The Balaban J connectivity index is 1.61. The summed E-state index contributed by atoms with van der Waals surface area (Å²) < 4.78 is 27.9. The molecule has 0 saturated carbocycles. The molecule has 2 aliphatic rings. The first-order chi connectivity index (χ1) is 15.6. The van der Waals surface area contributed by atoms with Gasteiger partial charge in [-0.2, -0.15) is 0 Å². The first-order valence-corrected chi connectivity index (χ1v) is 12.7. The van der Waals surface area contributed by atoms with Crippen molar-refractivity contribution in [2.45, 2.75) is 50.4 Å². The fraction of sp³-hybridized carbons (Fsp3) is 0.400. The molecule has 2 saturated heterocycles. The second kappa shape index (κ2) is 8.74. The summed E-state index contributed by atoms with van der Waals surface area (Å²) in [6.07, 6.45) is 1.15. The maximum atomic E-state index is 13.5. The molecule has 174 valence electrons. The SMILES string of the molecule is CC(C)(C)N1C(=O)C(=NC2CCN(C(=O)c3ccccc3)CC2)C(c2ccccc2)S1(=O)=O. The molecule has 2 amide bonds. The molecule has 0 aliphatic carbocycles. The Hall–Kier alpha value is -3.00. The molecule has 4 rings (SSSR count). The smallest absolute Gasteiger partial charge is 0.283 e. The Morgan fingerprint density at radius 2 is 1.48 bits per heavy atom. The van der Waals surface area contributed by atoms with Crippen molar-refractivity contribution in [2.24, 2.45) is 4.99 Å². The standard InChI is InChI=1S/C25H29N3O4S/c1-25(2,3)28-24(30)21(22(33(28,31)32)18-10-6-4-7-11-18)26-20-14-16-27(17-15-20)23(29)19-12-8-5-9-13-19/h4-13,20,22H,14-17H2,1-3H3. The molecule has 2 aromatic rings. The van der Waals surface area contributed by atoms with Crippen molar-refractivity contribution >= 4 is 27.5 Å². The lowest BCUT2D eigenvalue weighted by atomic mass is 10.0. The molecule has 7 nitrogen and oxygen atoms in total. The number of nitrogens with zero attached hydrogens (tertiary/aromatic N) is 3. The molecule has 2 heterocycles. The summed E-state index contributed by atoms with van der Waals surface area (Å²) in [6, 6.07) is 17.7. The number of hydrogen-bond acceptors (Lipinski definition) is 5. The number of hydrogen-bond donors (Lipinski definition) is 0. The molecule has 0 aromatic heterocycles. The van der Waals surface area contributed by atoms with E-state index in [0.717, 1.165) is 4.31 Å². The van der Waals surface area contributed by atoms with Crippen LogP contribution < -0.4 is 0 Å². The molecule has 2 aliphatic heterocycles. The van der Waals surface area contributed by atoms with Crippen LogP contribution in [0.1, 0.15) is 54.8 Å². The highest BCUT2D eigenvalue weighted by atomic mass is 32.2. The maximum Gasteiger partial charge on any atom is 0.283 e. The molecule has 0 bridgehead atoms. The van der Waals surface area contributed by atoms with E-state index in [4.69, 9.17) is 4.99 Å². The van der Waals surface area contributed by atoms with E-state index in [1.54, 1.807) is 62.1 Å². The van der Waals surface area contributed by atoms with E-state index in [1.807, 2.05) is 24.3 Å². The zero-order chi connectivity index (χ0) is 23.8. The zero-order valence-electron chi connectivity index (χ0n) is 19.1. The van der Waals surface area contributed by atoms with Gasteiger partial charge in [0.1, 0.15) is 5.71 Å². The number of sulfonamides is 1. The third kappa shape index (κ3) is 4.44. The number of aliphatic imine (C=N–C) groups is 1. The average Bonchev–Trinajstić information content (AvgIpc) is 2.99. The van der Waals surface area contributed by atoms with Gasteiger partial charge < -0.3 is 4.90 Å². The first-order valence-electron chi connectivity index (χ1n) is 11.2. The number of piperidine rings is 1. The van der Waals surface area contributed by atoms with Crippen LogP contribution in [0.15, 0.2) is 65.7 Å². The van der Waals surface area contributed by atoms with Crippen molar-refractivity contribution < 1.29 is 18.0 Å². The lowest BCUT2D eigenvalue weighted by molar-refractivity contribution is -0.122. The number of carbonyl (C=O) groups is 2. The van der Waals surface area contributed by atoms with Crippen molar-refractivity contribution in [1.82, 2.24) is 9.21 Å². The summed E-state index contributed by atoms with van der Waals surface area (Å²) in [5.74, 6) is -0.582. The van der Waals surface area contributed by atoms with Gasteiger partial charge in [0.15, 0.2) is 5.25 Å². The third-order valence-corrected chi connectivity index (χ3v) is 8.32. The topological polar surface area (TPSA) is 87.1 Å². The fourth-order valence-corrected chi connectivity index (χ4v) is 6.75. The van der Waals surface area contributed by atoms with E-state index >= 15 is 0 Å². The minimum Gasteiger partial charge on any atom is -0.338 e. The molecular weight excluding hydrogens is 438 g/mol. The number of rotatable bonds is 3. The minimum atomic E-state index is -3.96. The monoisotopic (exact) mass is 467 g/mol. The number of amides is 2. The van der Waals surface area contributed by atoms with E-state index in [2.05, 4.69) is 0 Å². The third-order valence-electron chi connectivity index (χ3n) is 6.01. The highest BCUT2D eigenvalue weighted by Crippen LogP contribution is 2.39. The van der Waals surface area contributed by atoms with Crippen molar-refractivity contribution in [3.63, 3.8) is 0 Å². The molecular formula is C25H29N3O4S. The molecule has 2 aromatic carbocycles. The summed E-state index contributed by atoms with van der Waals surface area (Å²) in [7, 11) is -3.96. The zero-order valence-corrected chi connectivity index (χ0v) is 20.0. The van der Waals surface area contributed by atoms with Crippen LogP contribution in [-0.2, 0) is 14.8 Å². The summed E-state index contributed by atoms with van der Waals surface area (Å²) >= 11 is 0. The molecule has 0 N–H and O–H groups in total. The normalized spacial score (nSPS) is 22.7. The van der Waals surface area contributed by atoms with Gasteiger partial charge in [0.2, 0.25) is 0 Å². The first kappa shape index (κ1) is 23.2. The Morgan fingerprint density at radius 1 is 0.939 bits per heavy atom. The van der Waals surface area contributed by atoms with Crippen LogP contribution in [0.2, 0.25) is 0 Å². The van der Waals surface area contributed by atoms with Crippen LogP contribution in [0.5, 0.6) is 0 Å². The fourth-order valence-electron chi connectivity index (χ4n) is 4.50. The van der Waals surface area contributed by atoms with Gasteiger partial charge in [0, 0.05) is 18.7 Å². The van der Waals surface area contributed by atoms with Crippen molar-refractivity contribution in [2.75, 3.05) is 13.1 Å². The van der Waals surface area contributed by atoms with Crippen LogP contribution in [-0.4, -0.2) is 59.8 Å². The highest BCUT2D eigenvalue weighted by Gasteiger charge is 2.54. The second-order valence-corrected chi connectivity index (χ2v) is 11.3. The second-order valence-electron chi connectivity index (χ2n) is 9.48. The maximum absolute atomic E-state index is 13.5. The van der Waals surface area contributed by atoms with Gasteiger partial charge in [-0.05, 0) is 51.3 Å². The van der Waals surface area contributed by atoms with Crippen LogP contribution in [0.4, 0.5) is 0 Å². The molecule has 0 radical (unpaired) electrons. The minimum absolute atomic E-state index is 0.0257. The molecule has 1 atom stereocenters. The highest BCUT2D eigenvalue weighted by molar-refractivity contribution is 7.91. The van der Waals surface area contributed by atoms with E-state index in [-0.39, 0.29) is 17.7 Å². The average molecular weight is 468 g/mol. The van der Waals surface area contributed by atoms with E-state index < -0.39 is 26.7 Å². The summed E-state index contributed by atoms with van der Waals surface area (Å²) in [6.45, 7) is 6.15. The van der Waals surface area contributed by atoms with E-state index in [0.29, 0.717) is 37.1 Å². The van der Waals surface area contributed by atoms with E-state index in [1.165, 1.54) is 0 Å². The largest absolute Gasteiger partial charge is 0.338 e. The van der Waals surface area contributed by atoms with Gasteiger partial charge >= 0.3 is 0 Å². The predicted molar refractivity (Wildman–Crippen MR) is 128 cm³/mol. The van der Waals surface area contributed by atoms with Crippen LogP contribution in [0, 0.1) is 0 Å². The Kier molecular flexibility index (Phi) is 6.14. The molecule has 2 fully saturated rings. The van der Waals surface area contributed by atoms with Crippen molar-refractivity contribution in [3.8, 4) is 0 Å². The van der Waals surface area contributed by atoms with Crippen molar-refractivity contribution in [3.05, 3.63) is 71.8 Å². The summed E-state index contributed by atoms with van der Waals surface area (Å²) in [5, 5.41) is -1.12. The summed E-state index contributed by atoms with van der Waals surface area (Å²) in [5.41, 5.74) is 0.354.